The minimum atomic E-state index is -0.333. The molecule has 0 amide bonds. The smallest absolute Gasteiger partial charge is 0.245 e. The standard InChI is InChI=1S/C11H8FN5O/c1-16-11(18)17-6-13-9(10(17)14-15-16)7-2-4-8(12)5-3-7/h2-6H,1H3. The van der Waals surface area contributed by atoms with E-state index in [0.717, 1.165) is 4.68 Å². The van der Waals surface area contributed by atoms with Gasteiger partial charge in [-0.05, 0) is 24.3 Å². The highest BCUT2D eigenvalue weighted by molar-refractivity contribution is 5.73. The predicted molar refractivity (Wildman–Crippen MR) is 61.4 cm³/mol. The molecule has 0 atom stereocenters. The van der Waals surface area contributed by atoms with Crippen molar-refractivity contribution in [1.82, 2.24) is 24.4 Å². The summed E-state index contributed by atoms with van der Waals surface area (Å²) < 4.78 is 15.3. The number of aromatic nitrogens is 5. The Bertz CT molecular complexity index is 774. The molecule has 0 saturated carbocycles. The van der Waals surface area contributed by atoms with Gasteiger partial charge in [-0.1, -0.05) is 5.21 Å². The summed E-state index contributed by atoms with van der Waals surface area (Å²) in [5.74, 6) is -0.329. The van der Waals surface area contributed by atoms with Gasteiger partial charge in [0.1, 0.15) is 17.8 Å². The maximum atomic E-state index is 12.9. The first-order chi connectivity index (χ1) is 8.66. The largest absolute Gasteiger partial charge is 0.352 e. The van der Waals surface area contributed by atoms with E-state index < -0.39 is 0 Å². The van der Waals surface area contributed by atoms with Crippen LogP contribution in [0.15, 0.2) is 35.4 Å². The third kappa shape index (κ3) is 1.48. The molecule has 2 aromatic heterocycles. The predicted octanol–water partition coefficient (Wildman–Crippen LogP) is 0.629. The van der Waals surface area contributed by atoms with Crippen molar-refractivity contribution in [2.45, 2.75) is 0 Å². The Morgan fingerprint density at radius 2 is 1.94 bits per heavy atom. The van der Waals surface area contributed by atoms with E-state index in [4.69, 9.17) is 0 Å². The van der Waals surface area contributed by atoms with Crippen LogP contribution < -0.4 is 5.69 Å². The lowest BCUT2D eigenvalue weighted by molar-refractivity contribution is 0.607. The van der Waals surface area contributed by atoms with Crippen LogP contribution in [0.4, 0.5) is 4.39 Å². The molecule has 0 aliphatic rings. The summed E-state index contributed by atoms with van der Waals surface area (Å²) in [6.45, 7) is 0. The molecule has 0 bridgehead atoms. The van der Waals surface area contributed by atoms with Crippen molar-refractivity contribution in [2.75, 3.05) is 0 Å². The minimum Gasteiger partial charge on any atom is -0.245 e. The zero-order valence-corrected chi connectivity index (χ0v) is 9.41. The van der Waals surface area contributed by atoms with Crippen LogP contribution in [-0.2, 0) is 7.05 Å². The number of hydrogen-bond acceptors (Lipinski definition) is 4. The summed E-state index contributed by atoms with van der Waals surface area (Å²) in [7, 11) is 1.51. The lowest BCUT2D eigenvalue weighted by atomic mass is 10.1. The molecule has 3 rings (SSSR count). The highest BCUT2D eigenvalue weighted by Crippen LogP contribution is 2.20. The van der Waals surface area contributed by atoms with Gasteiger partial charge in [-0.15, -0.1) is 5.10 Å². The van der Waals surface area contributed by atoms with E-state index in [2.05, 4.69) is 15.3 Å². The number of hydrogen-bond donors (Lipinski definition) is 0. The highest BCUT2D eigenvalue weighted by Gasteiger charge is 2.11. The van der Waals surface area contributed by atoms with Gasteiger partial charge in [-0.3, -0.25) is 0 Å². The van der Waals surface area contributed by atoms with Crippen LogP contribution in [0.5, 0.6) is 0 Å². The van der Waals surface area contributed by atoms with Gasteiger partial charge in [0.25, 0.3) is 0 Å². The van der Waals surface area contributed by atoms with E-state index in [1.165, 1.54) is 29.9 Å². The molecule has 6 nitrogen and oxygen atoms in total. The number of aryl methyl sites for hydroxylation is 1. The molecule has 0 fully saturated rings. The molecular formula is C11H8FN5O. The van der Waals surface area contributed by atoms with E-state index in [0.29, 0.717) is 16.9 Å². The van der Waals surface area contributed by atoms with Gasteiger partial charge < -0.3 is 0 Å². The molecule has 0 unspecified atom stereocenters. The summed E-state index contributed by atoms with van der Waals surface area (Å²) in [6, 6.07) is 5.82. The normalized spacial score (nSPS) is 11.0. The first kappa shape index (κ1) is 10.6. The maximum Gasteiger partial charge on any atom is 0.352 e. The Balaban J connectivity index is 2.28. The van der Waals surface area contributed by atoms with Gasteiger partial charge in [0, 0.05) is 12.6 Å². The fraction of sp³-hybridized carbons (Fsp3) is 0.0909. The van der Waals surface area contributed by atoms with E-state index in [1.807, 2.05) is 0 Å². The van der Waals surface area contributed by atoms with Crippen LogP contribution in [0.2, 0.25) is 0 Å². The second-order valence-corrected chi connectivity index (χ2v) is 3.79. The number of halogens is 1. The van der Waals surface area contributed by atoms with Crippen molar-refractivity contribution in [3.8, 4) is 11.3 Å². The number of benzene rings is 1. The fourth-order valence-electron chi connectivity index (χ4n) is 1.69. The van der Waals surface area contributed by atoms with Gasteiger partial charge in [-0.25, -0.2) is 18.6 Å². The van der Waals surface area contributed by atoms with Crippen LogP contribution in [-0.4, -0.2) is 24.4 Å². The highest BCUT2D eigenvalue weighted by atomic mass is 19.1. The lowest BCUT2D eigenvalue weighted by Crippen LogP contribution is -2.26. The Labute approximate surface area is 100 Å². The summed E-state index contributed by atoms with van der Waals surface area (Å²) in [5, 5.41) is 7.62. The minimum absolute atomic E-state index is 0.329. The van der Waals surface area contributed by atoms with Crippen LogP contribution in [0.25, 0.3) is 16.9 Å². The molecule has 0 aliphatic carbocycles. The Kier molecular flexibility index (Phi) is 2.19. The number of fused-ring (bicyclic) bond motifs is 1. The lowest BCUT2D eigenvalue weighted by Gasteiger charge is -1.98. The van der Waals surface area contributed by atoms with Gasteiger partial charge in [0.2, 0.25) is 0 Å². The second kappa shape index (κ2) is 3.73. The topological polar surface area (TPSA) is 65.1 Å². The first-order valence-electron chi connectivity index (χ1n) is 5.20. The monoisotopic (exact) mass is 245 g/mol. The van der Waals surface area contributed by atoms with Gasteiger partial charge >= 0.3 is 5.69 Å². The number of rotatable bonds is 1. The van der Waals surface area contributed by atoms with Gasteiger partial charge in [0.05, 0.1) is 0 Å². The summed E-state index contributed by atoms with van der Waals surface area (Å²) >= 11 is 0. The molecule has 1 aromatic carbocycles. The zero-order valence-electron chi connectivity index (χ0n) is 9.41. The summed E-state index contributed by atoms with van der Waals surface area (Å²) in [5.41, 5.74) is 1.20. The number of nitrogens with zero attached hydrogens (tertiary/aromatic N) is 5. The first-order valence-corrected chi connectivity index (χ1v) is 5.20. The molecule has 0 aliphatic heterocycles. The maximum absolute atomic E-state index is 12.9. The quantitative estimate of drug-likeness (QED) is 0.630. The molecule has 7 heteroatoms. The van der Waals surface area contributed by atoms with Crippen molar-refractivity contribution in [3.05, 3.63) is 46.9 Å². The average Bonchev–Trinajstić information content (AvgIpc) is 2.79. The molecule has 2 heterocycles. The average molecular weight is 245 g/mol. The molecular weight excluding hydrogens is 237 g/mol. The van der Waals surface area contributed by atoms with Gasteiger partial charge in [-0.2, -0.15) is 4.68 Å². The van der Waals surface area contributed by atoms with Crippen molar-refractivity contribution in [1.29, 1.82) is 0 Å². The summed E-state index contributed by atoms with van der Waals surface area (Å²) in [4.78, 5) is 15.9. The third-order valence-corrected chi connectivity index (χ3v) is 2.62. The van der Waals surface area contributed by atoms with E-state index in [-0.39, 0.29) is 11.5 Å². The van der Waals surface area contributed by atoms with Crippen LogP contribution in [0.3, 0.4) is 0 Å². The molecule has 3 aromatic rings. The van der Waals surface area contributed by atoms with Crippen molar-refractivity contribution < 1.29 is 4.39 Å². The fourth-order valence-corrected chi connectivity index (χ4v) is 1.69. The number of imidazole rings is 1. The molecule has 18 heavy (non-hydrogen) atoms. The molecule has 0 radical (unpaired) electrons. The van der Waals surface area contributed by atoms with Crippen LogP contribution in [0, 0.1) is 5.82 Å². The van der Waals surface area contributed by atoms with Crippen LogP contribution >= 0.6 is 0 Å². The SMILES string of the molecule is Cn1nnc2c(-c3ccc(F)cc3)ncn2c1=O. The van der Waals surface area contributed by atoms with Crippen molar-refractivity contribution in [3.63, 3.8) is 0 Å². The second-order valence-electron chi connectivity index (χ2n) is 3.79. The summed E-state index contributed by atoms with van der Waals surface area (Å²) in [6.07, 6.45) is 1.38. The Morgan fingerprint density at radius 1 is 1.22 bits per heavy atom. The molecule has 0 saturated heterocycles. The Hall–Kier alpha value is -2.57. The molecule has 90 valence electrons. The van der Waals surface area contributed by atoms with Crippen LogP contribution in [0.1, 0.15) is 0 Å². The molecule has 0 spiro atoms. The van der Waals surface area contributed by atoms with Gasteiger partial charge in [0.15, 0.2) is 5.65 Å². The molecule has 0 N–H and O–H groups in total. The zero-order chi connectivity index (χ0) is 12.7. The van der Waals surface area contributed by atoms with E-state index in [1.54, 1.807) is 12.1 Å². The third-order valence-electron chi connectivity index (χ3n) is 2.62. The Morgan fingerprint density at radius 3 is 2.67 bits per heavy atom. The van der Waals surface area contributed by atoms with Crippen molar-refractivity contribution >= 4 is 5.65 Å². The van der Waals surface area contributed by atoms with E-state index >= 15 is 0 Å². The van der Waals surface area contributed by atoms with Crippen molar-refractivity contribution in [2.24, 2.45) is 7.05 Å². The van der Waals surface area contributed by atoms with E-state index in [9.17, 15) is 9.18 Å².